The van der Waals surface area contributed by atoms with Crippen molar-refractivity contribution in [3.05, 3.63) is 0 Å². The minimum absolute atomic E-state index is 0.0526. The summed E-state index contributed by atoms with van der Waals surface area (Å²) in [5.41, 5.74) is 6.25. The van der Waals surface area contributed by atoms with E-state index in [1.54, 1.807) is 0 Å². The van der Waals surface area contributed by atoms with Gasteiger partial charge in [-0.1, -0.05) is 52.9 Å². The fraction of sp³-hybridized carbons (Fsp3) is 0.944. The summed E-state index contributed by atoms with van der Waals surface area (Å²) in [6, 6.07) is 0.222. The summed E-state index contributed by atoms with van der Waals surface area (Å²) in [5.74, 6) is 1.41. The number of carbonyl (C=O) groups is 1. The number of likely N-dealkylation sites (tertiary alicyclic amines) is 1. The van der Waals surface area contributed by atoms with Crippen LogP contribution in [0.5, 0.6) is 0 Å². The van der Waals surface area contributed by atoms with Gasteiger partial charge >= 0.3 is 0 Å². The Morgan fingerprint density at radius 3 is 2.48 bits per heavy atom. The van der Waals surface area contributed by atoms with E-state index in [1.807, 2.05) is 0 Å². The van der Waals surface area contributed by atoms with Crippen molar-refractivity contribution in [1.82, 2.24) is 4.90 Å². The molecule has 1 aliphatic carbocycles. The molecule has 0 aromatic rings. The molecule has 2 fully saturated rings. The van der Waals surface area contributed by atoms with Gasteiger partial charge in [0, 0.05) is 25.0 Å². The van der Waals surface area contributed by atoms with E-state index in [0.29, 0.717) is 5.91 Å². The Labute approximate surface area is 130 Å². The van der Waals surface area contributed by atoms with Crippen molar-refractivity contribution in [3.8, 4) is 0 Å². The Balaban J connectivity index is 1.93. The second-order valence-electron chi connectivity index (χ2n) is 7.99. The summed E-state index contributed by atoms with van der Waals surface area (Å²) in [5, 5.41) is 0. The molecule has 1 heterocycles. The zero-order chi connectivity index (χ0) is 15.5. The lowest BCUT2D eigenvalue weighted by Crippen LogP contribution is -2.55. The van der Waals surface area contributed by atoms with Gasteiger partial charge in [0.2, 0.25) is 5.91 Å². The van der Waals surface area contributed by atoms with Crippen molar-refractivity contribution in [2.45, 2.75) is 78.2 Å². The number of hydrogen-bond donors (Lipinski definition) is 1. The predicted octanol–water partition coefficient (Wildman–Crippen LogP) is 3.57. The lowest BCUT2D eigenvalue weighted by atomic mass is 9.78. The van der Waals surface area contributed by atoms with Gasteiger partial charge in [-0.15, -0.1) is 0 Å². The number of rotatable bonds is 4. The van der Waals surface area contributed by atoms with Gasteiger partial charge in [0.05, 0.1) is 0 Å². The number of nitrogens with two attached hydrogens (primary N) is 1. The molecule has 1 amide bonds. The van der Waals surface area contributed by atoms with Crippen LogP contribution in [0.3, 0.4) is 0 Å². The third kappa shape index (κ3) is 4.21. The second-order valence-corrected chi connectivity index (χ2v) is 7.99. The molecule has 0 bridgehead atoms. The highest BCUT2D eigenvalue weighted by Crippen LogP contribution is 2.33. The third-order valence-electron chi connectivity index (χ3n) is 5.81. The van der Waals surface area contributed by atoms with Crippen molar-refractivity contribution >= 4 is 5.91 Å². The molecule has 2 unspecified atom stereocenters. The summed E-state index contributed by atoms with van der Waals surface area (Å²) < 4.78 is 0. The van der Waals surface area contributed by atoms with Gasteiger partial charge in [-0.2, -0.15) is 0 Å². The second kappa shape index (κ2) is 7.13. The third-order valence-corrected chi connectivity index (χ3v) is 5.81. The fourth-order valence-corrected chi connectivity index (χ4v) is 4.09. The Hall–Kier alpha value is -0.570. The van der Waals surface area contributed by atoms with Crippen LogP contribution >= 0.6 is 0 Å². The number of hydrogen-bond acceptors (Lipinski definition) is 2. The summed E-state index contributed by atoms with van der Waals surface area (Å²) in [4.78, 5) is 15.0. The molecule has 21 heavy (non-hydrogen) atoms. The molecule has 0 aromatic heterocycles. The first-order valence-electron chi connectivity index (χ1n) is 8.98. The van der Waals surface area contributed by atoms with Crippen LogP contribution in [0.1, 0.15) is 72.1 Å². The molecule has 2 aliphatic rings. The van der Waals surface area contributed by atoms with Crippen LogP contribution in [0.4, 0.5) is 0 Å². The number of carbonyl (C=O) groups excluding carboxylic acids is 1. The van der Waals surface area contributed by atoms with Crippen molar-refractivity contribution in [2.75, 3.05) is 13.1 Å². The molecule has 0 spiro atoms. The largest absolute Gasteiger partial charge is 0.342 e. The highest BCUT2D eigenvalue weighted by atomic mass is 16.2. The Kier molecular flexibility index (Phi) is 5.70. The molecule has 122 valence electrons. The Bertz CT molecular complexity index is 347. The van der Waals surface area contributed by atoms with Gasteiger partial charge in [-0.3, -0.25) is 4.79 Å². The van der Waals surface area contributed by atoms with Gasteiger partial charge in [0.15, 0.2) is 0 Å². The monoisotopic (exact) mass is 294 g/mol. The standard InChI is InChI=1S/C18H34N2O/c1-4-15(12-14-8-6-5-7-9-14)17(21)20-11-10-16(19)18(2,3)13-20/h14-16H,4-13,19H2,1-3H3. The van der Waals surface area contributed by atoms with Gasteiger partial charge in [0.25, 0.3) is 0 Å². The predicted molar refractivity (Wildman–Crippen MR) is 87.9 cm³/mol. The van der Waals surface area contributed by atoms with Gasteiger partial charge < -0.3 is 10.6 Å². The molecule has 3 nitrogen and oxygen atoms in total. The normalized spacial score (nSPS) is 28.4. The smallest absolute Gasteiger partial charge is 0.225 e. The number of amides is 1. The molecule has 0 aromatic carbocycles. The van der Waals surface area contributed by atoms with E-state index in [0.717, 1.165) is 38.3 Å². The average molecular weight is 294 g/mol. The van der Waals surface area contributed by atoms with Crippen molar-refractivity contribution in [1.29, 1.82) is 0 Å². The molecule has 1 aliphatic heterocycles. The summed E-state index contributed by atoms with van der Waals surface area (Å²) in [7, 11) is 0. The van der Waals surface area contributed by atoms with Crippen LogP contribution in [-0.4, -0.2) is 29.9 Å². The van der Waals surface area contributed by atoms with Crippen LogP contribution in [0.15, 0.2) is 0 Å². The van der Waals surface area contributed by atoms with Gasteiger partial charge in [-0.05, 0) is 30.6 Å². The van der Waals surface area contributed by atoms with E-state index >= 15 is 0 Å². The lowest BCUT2D eigenvalue weighted by Gasteiger charge is -2.43. The van der Waals surface area contributed by atoms with Gasteiger partial charge in [0.1, 0.15) is 0 Å². The zero-order valence-electron chi connectivity index (χ0n) is 14.2. The van der Waals surface area contributed by atoms with E-state index in [1.165, 1.54) is 32.1 Å². The first kappa shape index (κ1) is 16.8. The summed E-state index contributed by atoms with van der Waals surface area (Å²) >= 11 is 0. The summed E-state index contributed by atoms with van der Waals surface area (Å²) in [6.07, 6.45) is 9.82. The molecular formula is C18H34N2O. The minimum Gasteiger partial charge on any atom is -0.342 e. The quantitative estimate of drug-likeness (QED) is 0.861. The van der Waals surface area contributed by atoms with Crippen molar-refractivity contribution < 1.29 is 4.79 Å². The highest BCUT2D eigenvalue weighted by molar-refractivity contribution is 5.79. The maximum absolute atomic E-state index is 12.9. The highest BCUT2D eigenvalue weighted by Gasteiger charge is 2.37. The topological polar surface area (TPSA) is 46.3 Å². The van der Waals surface area contributed by atoms with Crippen molar-refractivity contribution in [2.24, 2.45) is 23.0 Å². The Morgan fingerprint density at radius 1 is 1.24 bits per heavy atom. The molecule has 2 atom stereocenters. The first-order valence-corrected chi connectivity index (χ1v) is 8.98. The van der Waals surface area contributed by atoms with E-state index in [4.69, 9.17) is 5.73 Å². The first-order chi connectivity index (χ1) is 9.94. The number of nitrogens with zero attached hydrogens (tertiary/aromatic N) is 1. The van der Waals surface area contributed by atoms with E-state index in [2.05, 4.69) is 25.7 Å². The van der Waals surface area contributed by atoms with Crippen LogP contribution in [0.2, 0.25) is 0 Å². The fourth-order valence-electron chi connectivity index (χ4n) is 4.09. The van der Waals surface area contributed by atoms with Crippen LogP contribution in [0.25, 0.3) is 0 Å². The molecule has 2 N–H and O–H groups in total. The Morgan fingerprint density at radius 2 is 1.90 bits per heavy atom. The molecule has 0 radical (unpaired) electrons. The molecule has 1 saturated heterocycles. The summed E-state index contributed by atoms with van der Waals surface area (Å²) in [6.45, 7) is 8.24. The van der Waals surface area contributed by atoms with Crippen molar-refractivity contribution in [3.63, 3.8) is 0 Å². The SMILES string of the molecule is CCC(CC1CCCCC1)C(=O)N1CCC(N)C(C)(C)C1. The van der Waals surface area contributed by atoms with E-state index < -0.39 is 0 Å². The van der Waals surface area contributed by atoms with Crippen LogP contribution in [-0.2, 0) is 4.79 Å². The number of piperidine rings is 1. The van der Waals surface area contributed by atoms with E-state index in [-0.39, 0.29) is 17.4 Å². The molecule has 1 saturated carbocycles. The molecular weight excluding hydrogens is 260 g/mol. The average Bonchev–Trinajstić information content (AvgIpc) is 2.48. The maximum Gasteiger partial charge on any atom is 0.225 e. The zero-order valence-corrected chi connectivity index (χ0v) is 14.2. The lowest BCUT2D eigenvalue weighted by molar-refractivity contribution is -0.139. The van der Waals surface area contributed by atoms with E-state index in [9.17, 15) is 4.79 Å². The maximum atomic E-state index is 12.9. The molecule has 3 heteroatoms. The van der Waals surface area contributed by atoms with Crippen LogP contribution in [0, 0.1) is 17.3 Å². The van der Waals surface area contributed by atoms with Crippen LogP contribution < -0.4 is 5.73 Å². The minimum atomic E-state index is 0.0526. The van der Waals surface area contributed by atoms with Gasteiger partial charge in [-0.25, -0.2) is 0 Å². The molecule has 2 rings (SSSR count).